The fourth-order valence-corrected chi connectivity index (χ4v) is 3.90. The molecule has 158 valence electrons. The number of furan rings is 1. The Morgan fingerprint density at radius 3 is 2.74 bits per heavy atom. The van der Waals surface area contributed by atoms with Crippen molar-refractivity contribution < 1.29 is 9.21 Å². The third kappa shape index (κ3) is 3.63. The van der Waals surface area contributed by atoms with Crippen LogP contribution in [0.5, 0.6) is 0 Å². The second kappa shape index (κ2) is 7.82. The summed E-state index contributed by atoms with van der Waals surface area (Å²) in [5.41, 5.74) is 3.92. The van der Waals surface area contributed by atoms with E-state index in [-0.39, 0.29) is 5.91 Å². The highest BCUT2D eigenvalue weighted by Gasteiger charge is 2.24. The summed E-state index contributed by atoms with van der Waals surface area (Å²) < 4.78 is 5.53. The first kappa shape index (κ1) is 19.2. The van der Waals surface area contributed by atoms with Gasteiger partial charge in [0, 0.05) is 32.4 Å². The Labute approximate surface area is 179 Å². The van der Waals surface area contributed by atoms with Gasteiger partial charge in [-0.05, 0) is 38.0 Å². The first-order valence-electron chi connectivity index (χ1n) is 10.3. The summed E-state index contributed by atoms with van der Waals surface area (Å²) in [6, 6.07) is 5.75. The number of fused-ring (bicyclic) bond motifs is 1. The average molecular weight is 417 g/mol. The van der Waals surface area contributed by atoms with Crippen LogP contribution in [0, 0.1) is 13.8 Å². The number of anilines is 1. The molecule has 0 atom stereocenters. The second-order valence-electron chi connectivity index (χ2n) is 7.78. The smallest absolute Gasteiger partial charge is 0.256 e. The lowest BCUT2D eigenvalue weighted by Gasteiger charge is -2.23. The molecule has 31 heavy (non-hydrogen) atoms. The molecular formula is C22H23N7O2. The van der Waals surface area contributed by atoms with Gasteiger partial charge in [0.05, 0.1) is 35.3 Å². The molecule has 1 amide bonds. The monoisotopic (exact) mass is 417 g/mol. The molecule has 0 aliphatic carbocycles. The van der Waals surface area contributed by atoms with Crippen LogP contribution >= 0.6 is 0 Å². The van der Waals surface area contributed by atoms with Crippen LogP contribution in [0.25, 0.3) is 16.8 Å². The van der Waals surface area contributed by atoms with Crippen molar-refractivity contribution in [2.45, 2.75) is 20.3 Å². The number of aryl methyl sites for hydroxylation is 2. The second-order valence-corrected chi connectivity index (χ2v) is 7.78. The molecular weight excluding hydrogens is 394 g/mol. The van der Waals surface area contributed by atoms with Crippen LogP contribution in [0.3, 0.4) is 0 Å². The fraction of sp³-hybridized carbons (Fsp3) is 0.318. The summed E-state index contributed by atoms with van der Waals surface area (Å²) in [6.45, 7) is 6.62. The van der Waals surface area contributed by atoms with Gasteiger partial charge in [-0.3, -0.25) is 4.79 Å². The molecule has 1 aliphatic heterocycles. The lowest BCUT2D eigenvalue weighted by Crippen LogP contribution is -2.36. The van der Waals surface area contributed by atoms with Crippen LogP contribution in [-0.4, -0.2) is 61.9 Å². The van der Waals surface area contributed by atoms with Gasteiger partial charge in [0.1, 0.15) is 0 Å². The molecule has 1 aromatic carbocycles. The maximum Gasteiger partial charge on any atom is 0.256 e. The lowest BCUT2D eigenvalue weighted by atomic mass is 10.1. The predicted molar refractivity (Wildman–Crippen MR) is 115 cm³/mol. The minimum Gasteiger partial charge on any atom is -0.446 e. The van der Waals surface area contributed by atoms with Crippen LogP contribution in [0.1, 0.15) is 27.9 Å². The number of nitrogens with zero attached hydrogens (tertiary/aromatic N) is 7. The predicted octanol–water partition coefficient (Wildman–Crippen LogP) is 2.77. The van der Waals surface area contributed by atoms with Gasteiger partial charge in [-0.1, -0.05) is 11.6 Å². The van der Waals surface area contributed by atoms with E-state index in [2.05, 4.69) is 25.1 Å². The van der Waals surface area contributed by atoms with Crippen molar-refractivity contribution in [2.75, 3.05) is 31.1 Å². The molecule has 9 heteroatoms. The van der Waals surface area contributed by atoms with Gasteiger partial charge in [0.2, 0.25) is 11.7 Å². The molecule has 0 saturated carbocycles. The molecule has 0 spiro atoms. The summed E-state index contributed by atoms with van der Waals surface area (Å²) in [6.07, 6.45) is 7.54. The zero-order valence-electron chi connectivity index (χ0n) is 17.5. The zero-order valence-corrected chi connectivity index (χ0v) is 17.5. The molecule has 1 fully saturated rings. The molecule has 1 saturated heterocycles. The van der Waals surface area contributed by atoms with Gasteiger partial charge >= 0.3 is 0 Å². The van der Waals surface area contributed by atoms with E-state index >= 15 is 0 Å². The molecule has 0 radical (unpaired) electrons. The summed E-state index contributed by atoms with van der Waals surface area (Å²) in [7, 11) is 0. The van der Waals surface area contributed by atoms with Crippen molar-refractivity contribution in [3.8, 4) is 5.69 Å². The lowest BCUT2D eigenvalue weighted by molar-refractivity contribution is 0.0766. The Morgan fingerprint density at radius 1 is 1.06 bits per heavy atom. The highest BCUT2D eigenvalue weighted by molar-refractivity contribution is 5.98. The van der Waals surface area contributed by atoms with Gasteiger partial charge in [0.15, 0.2) is 0 Å². The first-order valence-corrected chi connectivity index (χ1v) is 10.3. The third-order valence-corrected chi connectivity index (χ3v) is 5.60. The summed E-state index contributed by atoms with van der Waals surface area (Å²) in [5, 5.41) is 9.33. The van der Waals surface area contributed by atoms with Crippen LogP contribution in [-0.2, 0) is 0 Å². The Morgan fingerprint density at radius 2 is 1.90 bits per heavy atom. The maximum atomic E-state index is 13.4. The quantitative estimate of drug-likeness (QED) is 0.506. The molecule has 1 aliphatic rings. The number of carbonyl (C=O) groups is 1. The highest BCUT2D eigenvalue weighted by atomic mass is 16.3. The van der Waals surface area contributed by atoms with Gasteiger partial charge < -0.3 is 14.2 Å². The van der Waals surface area contributed by atoms with Crippen molar-refractivity contribution in [3.63, 3.8) is 0 Å². The number of aromatic nitrogens is 5. The van der Waals surface area contributed by atoms with Crippen molar-refractivity contribution in [1.29, 1.82) is 0 Å². The first-order chi connectivity index (χ1) is 15.1. The van der Waals surface area contributed by atoms with E-state index in [0.717, 1.165) is 29.5 Å². The topological polar surface area (TPSA) is 93.2 Å². The molecule has 3 aromatic heterocycles. The Bertz CT molecular complexity index is 1230. The molecule has 5 rings (SSSR count). The van der Waals surface area contributed by atoms with Gasteiger partial charge in [-0.25, -0.2) is 4.98 Å². The Balaban J connectivity index is 1.37. The Kier molecular flexibility index (Phi) is 4.85. The van der Waals surface area contributed by atoms with E-state index in [0.29, 0.717) is 42.5 Å². The minimum absolute atomic E-state index is 0.0177. The summed E-state index contributed by atoms with van der Waals surface area (Å²) in [4.78, 5) is 28.0. The molecule has 0 unspecified atom stereocenters. The van der Waals surface area contributed by atoms with Crippen molar-refractivity contribution in [3.05, 3.63) is 59.7 Å². The van der Waals surface area contributed by atoms with E-state index in [1.807, 2.05) is 36.9 Å². The van der Waals surface area contributed by atoms with Gasteiger partial charge in [-0.2, -0.15) is 20.0 Å². The number of benzene rings is 1. The third-order valence-electron chi connectivity index (χ3n) is 5.60. The average Bonchev–Trinajstić information content (AvgIpc) is 3.37. The number of hydrogen-bond acceptors (Lipinski definition) is 7. The number of amides is 1. The van der Waals surface area contributed by atoms with E-state index < -0.39 is 0 Å². The molecule has 0 N–H and O–H groups in total. The van der Waals surface area contributed by atoms with E-state index in [1.54, 1.807) is 24.9 Å². The van der Waals surface area contributed by atoms with Crippen LogP contribution in [0.4, 0.5) is 5.95 Å². The zero-order chi connectivity index (χ0) is 21.4. The normalized spacial score (nSPS) is 14.8. The highest BCUT2D eigenvalue weighted by Crippen LogP contribution is 2.22. The van der Waals surface area contributed by atoms with Crippen LogP contribution in [0.15, 0.2) is 47.5 Å². The summed E-state index contributed by atoms with van der Waals surface area (Å²) >= 11 is 0. The van der Waals surface area contributed by atoms with Crippen molar-refractivity contribution in [1.82, 2.24) is 29.9 Å². The number of hydrogen-bond donors (Lipinski definition) is 0. The van der Waals surface area contributed by atoms with Gasteiger partial charge in [-0.15, -0.1) is 0 Å². The van der Waals surface area contributed by atoms with Crippen molar-refractivity contribution >= 4 is 23.0 Å². The fourth-order valence-electron chi connectivity index (χ4n) is 3.90. The summed E-state index contributed by atoms with van der Waals surface area (Å²) in [5.74, 6) is 0.615. The van der Waals surface area contributed by atoms with Crippen LogP contribution in [0.2, 0.25) is 0 Å². The maximum absolute atomic E-state index is 13.4. The van der Waals surface area contributed by atoms with Crippen molar-refractivity contribution in [2.24, 2.45) is 0 Å². The minimum atomic E-state index is -0.0177. The molecule has 4 heterocycles. The SMILES string of the molecule is Cc1ccc(-n2nccn2)c(C(=O)N2CCCN(c3ncc4c(C)coc4n3)CC2)c1. The number of rotatable bonds is 3. The van der Waals surface area contributed by atoms with E-state index in [4.69, 9.17) is 4.42 Å². The standard InChI is InChI=1S/C22H23N7O2/c1-15-4-5-19(29-24-6-7-25-29)17(12-15)21(30)27-8-3-9-28(11-10-27)22-23-13-18-16(2)14-31-20(18)26-22/h4-7,12-14H,3,8-11H2,1-2H3. The van der Waals surface area contributed by atoms with Gasteiger partial charge in [0.25, 0.3) is 5.91 Å². The Hall–Kier alpha value is -3.75. The number of carbonyl (C=O) groups excluding carboxylic acids is 1. The molecule has 9 nitrogen and oxygen atoms in total. The van der Waals surface area contributed by atoms with E-state index in [9.17, 15) is 4.79 Å². The molecule has 0 bridgehead atoms. The molecule has 4 aromatic rings. The van der Waals surface area contributed by atoms with E-state index in [1.165, 1.54) is 4.80 Å². The van der Waals surface area contributed by atoms with Crippen LogP contribution < -0.4 is 4.90 Å². The largest absolute Gasteiger partial charge is 0.446 e.